The van der Waals surface area contributed by atoms with Crippen molar-refractivity contribution in [3.8, 4) is 16.9 Å². The molecule has 0 spiro atoms. The van der Waals surface area contributed by atoms with Crippen molar-refractivity contribution in [2.75, 3.05) is 0 Å². The Labute approximate surface area is 181 Å². The molecule has 0 unspecified atom stereocenters. The zero-order chi connectivity index (χ0) is 26.4. The number of ether oxygens (including phenoxy) is 1. The lowest BCUT2D eigenvalue weighted by atomic mass is 9.97. The SMILES string of the molecule is [C-]#[N+]c1ccc(-c2ccc(OC(F)(F)C(F)(F)C(F)(F)C(F)(F)C(F)(F)C(F)(F)F)cc2)cc1. The lowest BCUT2D eigenvalue weighted by molar-refractivity contribution is -0.456. The topological polar surface area (TPSA) is 13.6 Å². The van der Waals surface area contributed by atoms with E-state index in [-0.39, 0.29) is 11.3 Å². The molecular weight excluding hydrogens is 505 g/mol. The summed E-state index contributed by atoms with van der Waals surface area (Å²) in [4.78, 5) is 3.10. The lowest BCUT2D eigenvalue weighted by Gasteiger charge is -2.39. The lowest BCUT2D eigenvalue weighted by Crippen LogP contribution is -2.70. The first kappa shape index (κ1) is 27.1. The summed E-state index contributed by atoms with van der Waals surface area (Å²) in [6.07, 6.45) is -14.1. The van der Waals surface area contributed by atoms with E-state index in [9.17, 15) is 57.1 Å². The third-order valence-electron chi connectivity index (χ3n) is 4.33. The van der Waals surface area contributed by atoms with Gasteiger partial charge in [-0.15, -0.1) is 0 Å². The van der Waals surface area contributed by atoms with Crippen LogP contribution in [-0.4, -0.2) is 36.0 Å². The molecule has 0 heterocycles. The number of hydrogen-bond donors (Lipinski definition) is 0. The maximum Gasteiger partial charge on any atom is 0.471 e. The summed E-state index contributed by atoms with van der Waals surface area (Å²) in [6.45, 7) is 6.81. The Morgan fingerprint density at radius 1 is 0.529 bits per heavy atom. The van der Waals surface area contributed by atoms with Crippen LogP contribution in [0.2, 0.25) is 0 Å². The smallest absolute Gasteiger partial charge is 0.428 e. The van der Waals surface area contributed by atoms with E-state index in [1.165, 1.54) is 24.3 Å². The van der Waals surface area contributed by atoms with Gasteiger partial charge in [-0.1, -0.05) is 36.4 Å². The van der Waals surface area contributed by atoms with Crippen LogP contribution in [0.4, 0.5) is 62.8 Å². The van der Waals surface area contributed by atoms with Gasteiger partial charge in [0.2, 0.25) is 0 Å². The highest BCUT2D eigenvalue weighted by atomic mass is 19.4. The molecule has 0 saturated carbocycles. The van der Waals surface area contributed by atoms with Crippen molar-refractivity contribution in [1.29, 1.82) is 0 Å². The second-order valence-electron chi connectivity index (χ2n) is 6.60. The first-order chi connectivity index (χ1) is 15.2. The van der Waals surface area contributed by atoms with Crippen LogP contribution in [-0.2, 0) is 0 Å². The molecule has 2 aromatic carbocycles. The van der Waals surface area contributed by atoms with Crippen LogP contribution in [0.25, 0.3) is 16.0 Å². The fourth-order valence-electron chi connectivity index (χ4n) is 2.41. The molecule has 0 radical (unpaired) electrons. The summed E-state index contributed by atoms with van der Waals surface area (Å²) in [5.74, 6) is -32.6. The second kappa shape index (κ2) is 8.24. The van der Waals surface area contributed by atoms with Crippen molar-refractivity contribution < 1.29 is 61.8 Å². The number of nitrogens with zero attached hydrogens (tertiary/aromatic N) is 1. The highest BCUT2D eigenvalue weighted by Gasteiger charge is 2.91. The Balaban J connectivity index is 2.35. The second-order valence-corrected chi connectivity index (χ2v) is 6.60. The van der Waals surface area contributed by atoms with Crippen LogP contribution in [0.5, 0.6) is 5.75 Å². The summed E-state index contributed by atoms with van der Waals surface area (Å²) in [5.41, 5.74) is 0.775. The Kier molecular flexibility index (Phi) is 6.56. The van der Waals surface area contributed by atoms with Gasteiger partial charge in [0.1, 0.15) is 5.75 Å². The van der Waals surface area contributed by atoms with E-state index < -0.39 is 41.7 Å². The standard InChI is InChI=1S/C19H8F13NO/c1-33-12-6-2-10(3-7-12)11-4-8-13(9-5-11)34-19(31,32)17(26,27)15(22,23)14(20,21)16(24,25)18(28,29)30/h2-9H. The van der Waals surface area contributed by atoms with E-state index in [0.717, 1.165) is 12.1 Å². The number of halogens is 13. The van der Waals surface area contributed by atoms with Gasteiger partial charge in [0.25, 0.3) is 0 Å². The Hall–Kier alpha value is -3.18. The highest BCUT2D eigenvalue weighted by molar-refractivity contribution is 5.66. The van der Waals surface area contributed by atoms with Crippen molar-refractivity contribution in [2.24, 2.45) is 0 Å². The maximum absolute atomic E-state index is 13.8. The van der Waals surface area contributed by atoms with Crippen molar-refractivity contribution in [2.45, 2.75) is 36.0 Å². The number of hydrogen-bond acceptors (Lipinski definition) is 1. The predicted octanol–water partition coefficient (Wildman–Crippen LogP) is 7.98. The van der Waals surface area contributed by atoms with E-state index in [0.29, 0.717) is 17.7 Å². The van der Waals surface area contributed by atoms with E-state index in [2.05, 4.69) is 9.58 Å². The van der Waals surface area contributed by atoms with Gasteiger partial charge < -0.3 is 4.74 Å². The first-order valence-corrected chi connectivity index (χ1v) is 8.45. The molecular formula is C19H8F13NO. The van der Waals surface area contributed by atoms with Gasteiger partial charge >= 0.3 is 36.0 Å². The quantitative estimate of drug-likeness (QED) is 0.271. The van der Waals surface area contributed by atoms with Crippen LogP contribution < -0.4 is 4.74 Å². The van der Waals surface area contributed by atoms with E-state index in [4.69, 9.17) is 6.57 Å². The van der Waals surface area contributed by atoms with Gasteiger partial charge in [-0.2, -0.15) is 57.1 Å². The summed E-state index contributed by atoms with van der Waals surface area (Å²) in [7, 11) is 0. The van der Waals surface area contributed by atoms with Gasteiger partial charge in [-0.3, -0.25) is 0 Å². The minimum Gasteiger partial charge on any atom is -0.428 e. The maximum atomic E-state index is 13.8. The zero-order valence-electron chi connectivity index (χ0n) is 15.9. The van der Waals surface area contributed by atoms with Gasteiger partial charge in [0, 0.05) is 0 Å². The molecule has 0 amide bonds. The molecule has 186 valence electrons. The van der Waals surface area contributed by atoms with E-state index in [1.807, 2.05) is 0 Å². The molecule has 15 heteroatoms. The fourth-order valence-corrected chi connectivity index (χ4v) is 2.41. The molecule has 2 nitrogen and oxygen atoms in total. The minimum atomic E-state index is -7.99. The number of alkyl halides is 13. The van der Waals surface area contributed by atoms with E-state index in [1.54, 1.807) is 0 Å². The molecule has 0 bridgehead atoms. The summed E-state index contributed by atoms with van der Waals surface area (Å²) >= 11 is 0. The Morgan fingerprint density at radius 3 is 1.29 bits per heavy atom. The van der Waals surface area contributed by atoms with Crippen molar-refractivity contribution in [3.63, 3.8) is 0 Å². The fraction of sp³-hybridized carbons (Fsp3) is 0.316. The van der Waals surface area contributed by atoms with Crippen LogP contribution >= 0.6 is 0 Å². The van der Waals surface area contributed by atoms with E-state index >= 15 is 0 Å². The van der Waals surface area contributed by atoms with Crippen LogP contribution in [0.15, 0.2) is 48.5 Å². The third-order valence-corrected chi connectivity index (χ3v) is 4.33. The molecule has 0 aromatic heterocycles. The van der Waals surface area contributed by atoms with Gasteiger partial charge in [-0.05, 0) is 23.3 Å². The highest BCUT2D eigenvalue weighted by Crippen LogP contribution is 2.60. The zero-order valence-corrected chi connectivity index (χ0v) is 15.9. The minimum absolute atomic E-state index is 0.195. The first-order valence-electron chi connectivity index (χ1n) is 8.45. The summed E-state index contributed by atoms with van der Waals surface area (Å²) in [5, 5.41) is 0. The molecule has 2 rings (SSSR count). The molecule has 0 N–H and O–H groups in total. The average molecular weight is 513 g/mol. The monoisotopic (exact) mass is 513 g/mol. The van der Waals surface area contributed by atoms with Gasteiger partial charge in [0.05, 0.1) is 6.57 Å². The van der Waals surface area contributed by atoms with Crippen LogP contribution in [0.1, 0.15) is 0 Å². The van der Waals surface area contributed by atoms with Crippen molar-refractivity contribution in [3.05, 3.63) is 59.9 Å². The molecule has 0 saturated heterocycles. The molecule has 0 fully saturated rings. The predicted molar refractivity (Wildman–Crippen MR) is 89.6 cm³/mol. The van der Waals surface area contributed by atoms with Crippen LogP contribution in [0.3, 0.4) is 0 Å². The molecule has 34 heavy (non-hydrogen) atoms. The Bertz CT molecular complexity index is 1050. The molecule has 0 aliphatic rings. The van der Waals surface area contributed by atoms with Gasteiger partial charge in [-0.25, -0.2) is 4.85 Å². The van der Waals surface area contributed by atoms with Crippen LogP contribution in [0, 0.1) is 6.57 Å². The van der Waals surface area contributed by atoms with Crippen molar-refractivity contribution >= 4 is 5.69 Å². The molecule has 2 aromatic rings. The number of rotatable bonds is 7. The molecule has 0 aliphatic carbocycles. The third kappa shape index (κ3) is 4.21. The number of benzene rings is 2. The van der Waals surface area contributed by atoms with Crippen molar-refractivity contribution in [1.82, 2.24) is 0 Å². The summed E-state index contributed by atoms with van der Waals surface area (Å²) < 4.78 is 173. The molecule has 0 atom stereocenters. The summed E-state index contributed by atoms with van der Waals surface area (Å²) in [6, 6.07) is 8.28. The molecule has 0 aliphatic heterocycles. The normalized spacial score (nSPS) is 14.0. The average Bonchev–Trinajstić information content (AvgIpc) is 2.72. The Morgan fingerprint density at radius 2 is 0.912 bits per heavy atom. The largest absolute Gasteiger partial charge is 0.471 e. The van der Waals surface area contributed by atoms with Gasteiger partial charge in [0.15, 0.2) is 5.69 Å².